The van der Waals surface area contributed by atoms with Crippen molar-refractivity contribution in [1.82, 2.24) is 10.2 Å². The number of fused-ring (bicyclic) bond motifs is 2. The van der Waals surface area contributed by atoms with Crippen LogP contribution in [0.5, 0.6) is 0 Å². The molecule has 0 radical (unpaired) electrons. The summed E-state index contributed by atoms with van der Waals surface area (Å²) < 4.78 is 0. The number of amides is 3. The maximum absolute atomic E-state index is 12.6. The molecule has 6 heteroatoms. The van der Waals surface area contributed by atoms with Gasteiger partial charge < -0.3 is 16.0 Å². The van der Waals surface area contributed by atoms with E-state index in [2.05, 4.69) is 11.4 Å². The summed E-state index contributed by atoms with van der Waals surface area (Å²) in [6, 6.07) is 7.38. The average molecular weight is 313 g/mol. The first kappa shape index (κ1) is 15.3. The van der Waals surface area contributed by atoms with Gasteiger partial charge in [-0.05, 0) is 29.5 Å². The zero-order valence-corrected chi connectivity index (χ0v) is 13.0. The third-order valence-electron chi connectivity index (χ3n) is 4.31. The van der Waals surface area contributed by atoms with Crippen molar-refractivity contribution in [3.8, 4) is 0 Å². The second-order valence-electron chi connectivity index (χ2n) is 5.93. The Morgan fingerprint density at radius 2 is 2.04 bits per heavy atom. The highest BCUT2D eigenvalue weighted by atomic mass is 16.2. The number of aryl methyl sites for hydroxylation is 1. The molecule has 3 amide bonds. The molecule has 0 aromatic heterocycles. The fourth-order valence-corrected chi connectivity index (χ4v) is 3.42. The van der Waals surface area contributed by atoms with E-state index in [-0.39, 0.29) is 18.4 Å². The van der Waals surface area contributed by atoms with Gasteiger partial charge in [0.15, 0.2) is 0 Å². The van der Waals surface area contributed by atoms with Crippen molar-refractivity contribution in [3.63, 3.8) is 0 Å². The van der Waals surface area contributed by atoms with E-state index in [4.69, 9.17) is 5.73 Å². The molecule has 1 unspecified atom stereocenters. The van der Waals surface area contributed by atoms with Crippen LogP contribution in [0.25, 0.3) is 5.57 Å². The van der Waals surface area contributed by atoms with Gasteiger partial charge in [-0.15, -0.1) is 0 Å². The number of allylic oxidation sites excluding steroid dienone is 1. The lowest BCUT2D eigenvalue weighted by Gasteiger charge is -2.38. The van der Waals surface area contributed by atoms with Crippen molar-refractivity contribution < 1.29 is 14.4 Å². The summed E-state index contributed by atoms with van der Waals surface area (Å²) >= 11 is 0. The minimum absolute atomic E-state index is 0.157. The molecule has 0 saturated heterocycles. The Labute approximate surface area is 134 Å². The van der Waals surface area contributed by atoms with Gasteiger partial charge in [-0.1, -0.05) is 24.3 Å². The number of nitrogens with zero attached hydrogens (tertiary/aromatic N) is 1. The second-order valence-corrected chi connectivity index (χ2v) is 5.93. The van der Waals surface area contributed by atoms with E-state index >= 15 is 0 Å². The Kier molecular flexibility index (Phi) is 3.90. The van der Waals surface area contributed by atoms with Crippen molar-refractivity contribution in [2.24, 2.45) is 5.73 Å². The normalized spacial score (nSPS) is 20.0. The first-order chi connectivity index (χ1) is 11.0. The van der Waals surface area contributed by atoms with Gasteiger partial charge in [-0.3, -0.25) is 14.4 Å². The molecule has 1 atom stereocenters. The van der Waals surface area contributed by atoms with Crippen LogP contribution in [0.4, 0.5) is 0 Å². The SMILES string of the molecule is CC(=O)NC1CC2=C(CCc3ccccc32)N(CC(N)=O)C1=O. The number of carbonyl (C=O) groups excluding carboxylic acids is 3. The maximum atomic E-state index is 12.6. The van der Waals surface area contributed by atoms with Crippen LogP contribution in [0.2, 0.25) is 0 Å². The first-order valence-corrected chi connectivity index (χ1v) is 7.64. The third kappa shape index (κ3) is 2.84. The largest absolute Gasteiger partial charge is 0.368 e. The second kappa shape index (κ2) is 5.87. The van der Waals surface area contributed by atoms with Crippen molar-refractivity contribution in [2.45, 2.75) is 32.2 Å². The van der Waals surface area contributed by atoms with Gasteiger partial charge in [0.2, 0.25) is 17.7 Å². The molecule has 1 aromatic carbocycles. The van der Waals surface area contributed by atoms with Crippen LogP contribution in [0.3, 0.4) is 0 Å². The molecule has 0 bridgehead atoms. The number of hydrogen-bond donors (Lipinski definition) is 2. The van der Waals surface area contributed by atoms with Gasteiger partial charge in [0.1, 0.15) is 12.6 Å². The molecule has 0 spiro atoms. The van der Waals surface area contributed by atoms with Gasteiger partial charge in [0.25, 0.3) is 0 Å². The Balaban J connectivity index is 2.06. The molecule has 2 aliphatic rings. The topological polar surface area (TPSA) is 92.5 Å². The van der Waals surface area contributed by atoms with Crippen LogP contribution in [-0.2, 0) is 20.8 Å². The Hall–Kier alpha value is -2.63. The van der Waals surface area contributed by atoms with Gasteiger partial charge in [-0.2, -0.15) is 0 Å². The number of nitrogens with one attached hydrogen (secondary N) is 1. The summed E-state index contributed by atoms with van der Waals surface area (Å²) in [5, 5.41) is 2.68. The lowest BCUT2D eigenvalue weighted by atomic mass is 9.82. The Morgan fingerprint density at radius 1 is 1.30 bits per heavy atom. The molecule has 1 aliphatic heterocycles. The summed E-state index contributed by atoms with van der Waals surface area (Å²) in [7, 11) is 0. The number of nitrogens with two attached hydrogens (primary N) is 1. The standard InChI is InChI=1S/C17H19N3O3/c1-10(21)19-14-8-13-12-5-3-2-4-11(12)6-7-15(13)20(17(14)23)9-16(18)22/h2-5,14H,6-9H2,1H3,(H2,18,22)(H,19,21). The summed E-state index contributed by atoms with van der Waals surface area (Å²) in [5.74, 6) is -1.10. The Morgan fingerprint density at radius 3 is 2.74 bits per heavy atom. The van der Waals surface area contributed by atoms with E-state index in [1.165, 1.54) is 17.4 Å². The minimum atomic E-state index is -0.656. The first-order valence-electron chi connectivity index (χ1n) is 7.64. The van der Waals surface area contributed by atoms with E-state index in [9.17, 15) is 14.4 Å². The Bertz CT molecular complexity index is 724. The van der Waals surface area contributed by atoms with E-state index in [1.807, 2.05) is 18.2 Å². The van der Waals surface area contributed by atoms with Crippen LogP contribution in [0.15, 0.2) is 30.0 Å². The lowest BCUT2D eigenvalue weighted by Crippen LogP contribution is -2.53. The number of benzene rings is 1. The van der Waals surface area contributed by atoms with Crippen LogP contribution < -0.4 is 11.1 Å². The molecule has 3 N–H and O–H groups in total. The van der Waals surface area contributed by atoms with Gasteiger partial charge in [0.05, 0.1) is 0 Å². The van der Waals surface area contributed by atoms with Crippen LogP contribution in [0, 0.1) is 0 Å². The molecule has 0 fully saturated rings. The van der Waals surface area contributed by atoms with E-state index in [0.29, 0.717) is 12.8 Å². The van der Waals surface area contributed by atoms with E-state index < -0.39 is 11.9 Å². The van der Waals surface area contributed by atoms with Crippen LogP contribution >= 0.6 is 0 Å². The molecule has 120 valence electrons. The monoisotopic (exact) mass is 313 g/mol. The summed E-state index contributed by atoms with van der Waals surface area (Å²) in [6.45, 7) is 1.22. The smallest absolute Gasteiger partial charge is 0.250 e. The number of primary amides is 1. The quantitative estimate of drug-likeness (QED) is 0.854. The molecule has 6 nitrogen and oxygen atoms in total. The summed E-state index contributed by atoms with van der Waals surface area (Å²) in [5.41, 5.74) is 9.49. The molecular weight excluding hydrogens is 294 g/mol. The molecule has 3 rings (SSSR count). The zero-order chi connectivity index (χ0) is 16.6. The van der Waals surface area contributed by atoms with Crippen molar-refractivity contribution >= 4 is 23.3 Å². The zero-order valence-electron chi connectivity index (χ0n) is 13.0. The van der Waals surface area contributed by atoms with E-state index in [1.54, 1.807) is 0 Å². The molecule has 23 heavy (non-hydrogen) atoms. The number of rotatable bonds is 3. The molecule has 0 saturated carbocycles. The predicted octanol–water partition coefficient (Wildman–Crippen LogP) is 0.566. The average Bonchev–Trinajstić information content (AvgIpc) is 2.50. The predicted molar refractivity (Wildman–Crippen MR) is 84.8 cm³/mol. The highest BCUT2D eigenvalue weighted by molar-refractivity contribution is 5.96. The highest BCUT2D eigenvalue weighted by Crippen LogP contribution is 2.39. The van der Waals surface area contributed by atoms with E-state index in [0.717, 1.165) is 23.3 Å². The maximum Gasteiger partial charge on any atom is 0.250 e. The molecule has 1 heterocycles. The van der Waals surface area contributed by atoms with Gasteiger partial charge >= 0.3 is 0 Å². The fourth-order valence-electron chi connectivity index (χ4n) is 3.42. The molecule has 1 aromatic rings. The minimum Gasteiger partial charge on any atom is -0.368 e. The summed E-state index contributed by atoms with van der Waals surface area (Å²) in [6.07, 6.45) is 1.96. The number of hydrogen-bond acceptors (Lipinski definition) is 3. The van der Waals surface area contributed by atoms with Crippen molar-refractivity contribution in [1.29, 1.82) is 0 Å². The van der Waals surface area contributed by atoms with Crippen molar-refractivity contribution in [3.05, 3.63) is 41.1 Å². The fraction of sp³-hybridized carbons (Fsp3) is 0.353. The van der Waals surface area contributed by atoms with Crippen molar-refractivity contribution in [2.75, 3.05) is 6.54 Å². The van der Waals surface area contributed by atoms with Crippen LogP contribution in [0.1, 0.15) is 30.9 Å². The number of carbonyl (C=O) groups is 3. The van der Waals surface area contributed by atoms with Gasteiger partial charge in [0, 0.05) is 19.0 Å². The third-order valence-corrected chi connectivity index (χ3v) is 4.31. The van der Waals surface area contributed by atoms with Gasteiger partial charge in [-0.25, -0.2) is 0 Å². The molecule has 1 aliphatic carbocycles. The lowest BCUT2D eigenvalue weighted by molar-refractivity contribution is -0.137. The van der Waals surface area contributed by atoms with Crippen LogP contribution in [-0.4, -0.2) is 35.2 Å². The summed E-state index contributed by atoms with van der Waals surface area (Å²) in [4.78, 5) is 36.9. The molecular formula is C17H19N3O3. The highest BCUT2D eigenvalue weighted by Gasteiger charge is 2.37.